The maximum atomic E-state index is 12.0. The Labute approximate surface area is 119 Å². The van der Waals surface area contributed by atoms with Gasteiger partial charge in [-0.15, -0.1) is 0 Å². The van der Waals surface area contributed by atoms with Crippen molar-refractivity contribution in [2.24, 2.45) is 5.92 Å². The fraction of sp³-hybridized carbons (Fsp3) is 0.467. The molecule has 0 saturated carbocycles. The van der Waals surface area contributed by atoms with E-state index in [0.29, 0.717) is 13.0 Å². The van der Waals surface area contributed by atoms with E-state index in [1.807, 2.05) is 44.2 Å². The Kier molecular flexibility index (Phi) is 6.03. The third-order valence-corrected chi connectivity index (χ3v) is 3.37. The lowest BCUT2D eigenvalue weighted by Gasteiger charge is -2.24. The molecule has 0 saturated heterocycles. The number of aliphatic carboxylic acids is 1. The summed E-state index contributed by atoms with van der Waals surface area (Å²) in [6.07, 6.45) is 0.694. The van der Waals surface area contributed by atoms with E-state index in [-0.39, 0.29) is 11.9 Å². The Morgan fingerprint density at radius 1 is 1.30 bits per heavy atom. The fourth-order valence-electron chi connectivity index (χ4n) is 1.86. The molecule has 0 bridgehead atoms. The van der Waals surface area contributed by atoms with Crippen LogP contribution < -0.4 is 5.32 Å². The van der Waals surface area contributed by atoms with Crippen molar-refractivity contribution in [3.05, 3.63) is 35.9 Å². The summed E-state index contributed by atoms with van der Waals surface area (Å²) >= 11 is 0. The highest BCUT2D eigenvalue weighted by Crippen LogP contribution is 2.09. The SMILES string of the molecule is CC[C@H](C)[C@H](NC(=O)N(C)Cc1ccccc1)C(=O)O. The normalized spacial score (nSPS) is 13.3. The molecule has 1 aromatic carbocycles. The highest BCUT2D eigenvalue weighted by molar-refractivity contribution is 5.82. The van der Waals surface area contributed by atoms with Gasteiger partial charge in [-0.05, 0) is 11.5 Å². The van der Waals surface area contributed by atoms with Crippen molar-refractivity contribution in [1.29, 1.82) is 0 Å². The number of amides is 2. The van der Waals surface area contributed by atoms with Gasteiger partial charge in [0.1, 0.15) is 6.04 Å². The molecule has 0 aromatic heterocycles. The van der Waals surface area contributed by atoms with Gasteiger partial charge in [0.15, 0.2) is 0 Å². The van der Waals surface area contributed by atoms with Crippen molar-refractivity contribution < 1.29 is 14.7 Å². The van der Waals surface area contributed by atoms with Crippen LogP contribution in [0, 0.1) is 5.92 Å². The number of carboxylic acids is 1. The number of hydrogen-bond acceptors (Lipinski definition) is 2. The predicted octanol–water partition coefficient (Wildman–Crippen LogP) is 2.33. The Morgan fingerprint density at radius 2 is 1.90 bits per heavy atom. The lowest BCUT2D eigenvalue weighted by atomic mass is 9.99. The number of nitrogens with zero attached hydrogens (tertiary/aromatic N) is 1. The van der Waals surface area contributed by atoms with Crippen LogP contribution in [0.5, 0.6) is 0 Å². The maximum Gasteiger partial charge on any atom is 0.326 e. The van der Waals surface area contributed by atoms with Crippen LogP contribution in [0.2, 0.25) is 0 Å². The smallest absolute Gasteiger partial charge is 0.326 e. The summed E-state index contributed by atoms with van der Waals surface area (Å²) in [6.45, 7) is 4.16. The third kappa shape index (κ3) is 4.57. The van der Waals surface area contributed by atoms with Crippen LogP contribution in [0.1, 0.15) is 25.8 Å². The molecule has 5 nitrogen and oxygen atoms in total. The molecule has 1 aromatic rings. The van der Waals surface area contributed by atoms with Gasteiger partial charge in [0, 0.05) is 13.6 Å². The van der Waals surface area contributed by atoms with Crippen molar-refractivity contribution in [3.8, 4) is 0 Å². The summed E-state index contributed by atoms with van der Waals surface area (Å²) in [6, 6.07) is 8.33. The molecule has 2 N–H and O–H groups in total. The second-order valence-corrected chi connectivity index (χ2v) is 4.99. The first-order chi connectivity index (χ1) is 9.45. The third-order valence-electron chi connectivity index (χ3n) is 3.37. The van der Waals surface area contributed by atoms with Gasteiger partial charge in [-0.2, -0.15) is 0 Å². The summed E-state index contributed by atoms with van der Waals surface area (Å²) in [4.78, 5) is 24.7. The minimum absolute atomic E-state index is 0.110. The molecular weight excluding hydrogens is 256 g/mol. The number of carboxylic acid groups (broad SMARTS) is 1. The number of carbonyl (C=O) groups excluding carboxylic acids is 1. The van der Waals surface area contributed by atoms with Crippen molar-refractivity contribution in [1.82, 2.24) is 10.2 Å². The molecule has 20 heavy (non-hydrogen) atoms. The van der Waals surface area contributed by atoms with E-state index in [4.69, 9.17) is 5.11 Å². The summed E-state index contributed by atoms with van der Waals surface area (Å²) in [7, 11) is 1.65. The highest BCUT2D eigenvalue weighted by Gasteiger charge is 2.26. The van der Waals surface area contributed by atoms with E-state index in [1.165, 1.54) is 4.90 Å². The number of urea groups is 1. The summed E-state index contributed by atoms with van der Waals surface area (Å²) < 4.78 is 0. The van der Waals surface area contributed by atoms with Gasteiger partial charge in [0.25, 0.3) is 0 Å². The summed E-state index contributed by atoms with van der Waals surface area (Å²) in [5.41, 5.74) is 1.00. The number of hydrogen-bond donors (Lipinski definition) is 2. The van der Waals surface area contributed by atoms with Gasteiger partial charge >= 0.3 is 12.0 Å². The molecule has 2 amide bonds. The largest absolute Gasteiger partial charge is 0.480 e. The molecule has 0 radical (unpaired) electrons. The van der Waals surface area contributed by atoms with Gasteiger partial charge in [-0.25, -0.2) is 9.59 Å². The first-order valence-electron chi connectivity index (χ1n) is 6.74. The summed E-state index contributed by atoms with van der Waals surface area (Å²) in [5, 5.41) is 11.7. The standard InChI is InChI=1S/C15H22N2O3/c1-4-11(2)13(14(18)19)16-15(20)17(3)10-12-8-6-5-7-9-12/h5-9,11,13H,4,10H2,1-3H3,(H,16,20)(H,18,19)/t11-,13-/m0/s1. The number of benzene rings is 1. The van der Waals surface area contributed by atoms with Gasteiger partial charge in [0.05, 0.1) is 0 Å². The van der Waals surface area contributed by atoms with E-state index in [0.717, 1.165) is 5.56 Å². The molecule has 1 rings (SSSR count). The van der Waals surface area contributed by atoms with Crippen LogP contribution in [0.15, 0.2) is 30.3 Å². The topological polar surface area (TPSA) is 69.6 Å². The average molecular weight is 278 g/mol. The Balaban J connectivity index is 2.62. The second-order valence-electron chi connectivity index (χ2n) is 4.99. The van der Waals surface area contributed by atoms with Crippen LogP contribution in [0.25, 0.3) is 0 Å². The zero-order valence-corrected chi connectivity index (χ0v) is 12.2. The fourth-order valence-corrected chi connectivity index (χ4v) is 1.86. The van der Waals surface area contributed by atoms with E-state index < -0.39 is 12.0 Å². The lowest BCUT2D eigenvalue weighted by molar-refractivity contribution is -0.140. The van der Waals surface area contributed by atoms with E-state index in [1.54, 1.807) is 7.05 Å². The molecule has 0 aliphatic rings. The van der Waals surface area contributed by atoms with Crippen molar-refractivity contribution in [2.45, 2.75) is 32.9 Å². The number of nitrogens with one attached hydrogen (secondary N) is 1. The highest BCUT2D eigenvalue weighted by atomic mass is 16.4. The lowest BCUT2D eigenvalue weighted by Crippen LogP contribution is -2.49. The molecular formula is C15H22N2O3. The summed E-state index contributed by atoms with van der Waals surface area (Å²) in [5.74, 6) is -1.11. The minimum atomic E-state index is -0.999. The maximum absolute atomic E-state index is 12.0. The first-order valence-corrected chi connectivity index (χ1v) is 6.74. The van der Waals surface area contributed by atoms with Gasteiger partial charge in [0.2, 0.25) is 0 Å². The molecule has 0 fully saturated rings. The first kappa shape index (κ1) is 16.0. The molecule has 0 spiro atoms. The van der Waals surface area contributed by atoms with Gasteiger partial charge in [-0.3, -0.25) is 0 Å². The Hall–Kier alpha value is -2.04. The van der Waals surface area contributed by atoms with Crippen LogP contribution in [0.3, 0.4) is 0 Å². The number of carbonyl (C=O) groups is 2. The van der Waals surface area contributed by atoms with Gasteiger partial charge < -0.3 is 15.3 Å². The van der Waals surface area contributed by atoms with Crippen molar-refractivity contribution >= 4 is 12.0 Å². The molecule has 110 valence electrons. The predicted molar refractivity (Wildman–Crippen MR) is 77.3 cm³/mol. The molecule has 0 heterocycles. The van der Waals surface area contributed by atoms with E-state index in [2.05, 4.69) is 5.32 Å². The molecule has 2 atom stereocenters. The van der Waals surface area contributed by atoms with Crippen molar-refractivity contribution in [2.75, 3.05) is 7.05 Å². The molecule has 0 aliphatic carbocycles. The Morgan fingerprint density at radius 3 is 2.40 bits per heavy atom. The average Bonchev–Trinajstić information content (AvgIpc) is 2.44. The molecule has 0 unspecified atom stereocenters. The van der Waals surface area contributed by atoms with Crippen LogP contribution in [0.4, 0.5) is 4.79 Å². The van der Waals surface area contributed by atoms with Crippen molar-refractivity contribution in [3.63, 3.8) is 0 Å². The van der Waals surface area contributed by atoms with Gasteiger partial charge in [-0.1, -0.05) is 50.6 Å². The number of rotatable bonds is 6. The van der Waals surface area contributed by atoms with Crippen LogP contribution in [-0.4, -0.2) is 35.1 Å². The zero-order chi connectivity index (χ0) is 15.1. The van der Waals surface area contributed by atoms with Crippen LogP contribution >= 0.6 is 0 Å². The molecule has 5 heteroatoms. The molecule has 0 aliphatic heterocycles. The zero-order valence-electron chi connectivity index (χ0n) is 12.2. The quantitative estimate of drug-likeness (QED) is 0.839. The minimum Gasteiger partial charge on any atom is -0.480 e. The Bertz CT molecular complexity index is 448. The van der Waals surface area contributed by atoms with Crippen LogP contribution in [-0.2, 0) is 11.3 Å². The van der Waals surface area contributed by atoms with E-state index >= 15 is 0 Å². The monoisotopic (exact) mass is 278 g/mol. The second kappa shape index (κ2) is 7.53. The van der Waals surface area contributed by atoms with E-state index in [9.17, 15) is 9.59 Å².